The van der Waals surface area contributed by atoms with Crippen molar-refractivity contribution < 1.29 is 19.2 Å². The van der Waals surface area contributed by atoms with Gasteiger partial charge in [0, 0.05) is 18.7 Å². The first kappa shape index (κ1) is 9.72. The van der Waals surface area contributed by atoms with Crippen molar-refractivity contribution in [2.45, 2.75) is 18.9 Å². The predicted octanol–water partition coefficient (Wildman–Crippen LogP) is -0.530. The summed E-state index contributed by atoms with van der Waals surface area (Å²) in [5.74, 6) is -0.822. The molecule has 6 heteroatoms. The van der Waals surface area contributed by atoms with E-state index in [9.17, 15) is 9.59 Å². The van der Waals surface area contributed by atoms with Gasteiger partial charge < -0.3 is 15.3 Å². The second kappa shape index (κ2) is 3.74. The van der Waals surface area contributed by atoms with Crippen LogP contribution in [0.1, 0.15) is 12.8 Å². The average Bonchev–Trinajstić information content (AvgIpc) is 2.61. The number of hydrogen-bond donors (Lipinski definition) is 1. The van der Waals surface area contributed by atoms with Gasteiger partial charge in [-0.25, -0.2) is 4.79 Å². The van der Waals surface area contributed by atoms with Crippen LogP contribution in [0.25, 0.3) is 0 Å². The first-order valence-corrected chi connectivity index (χ1v) is 4.52. The highest BCUT2D eigenvalue weighted by atomic mass is 16.7. The van der Waals surface area contributed by atoms with Crippen molar-refractivity contribution in [2.75, 3.05) is 0 Å². The SMILES string of the molecule is N[C@@H]1CCC(=O)Oc2cccn2OC1=O. The zero-order valence-corrected chi connectivity index (χ0v) is 7.88. The van der Waals surface area contributed by atoms with Crippen molar-refractivity contribution >= 4 is 11.9 Å². The molecule has 0 bridgehead atoms. The lowest BCUT2D eigenvalue weighted by atomic mass is 10.2. The molecule has 1 aromatic rings. The molecule has 1 aliphatic heterocycles. The molecule has 15 heavy (non-hydrogen) atoms. The molecule has 1 aliphatic rings. The minimum absolute atomic E-state index is 0.0987. The highest BCUT2D eigenvalue weighted by Crippen LogP contribution is 2.14. The number of aromatic nitrogens is 1. The van der Waals surface area contributed by atoms with E-state index in [0.717, 1.165) is 4.73 Å². The predicted molar refractivity (Wildman–Crippen MR) is 48.9 cm³/mol. The van der Waals surface area contributed by atoms with Gasteiger partial charge in [0.05, 0.1) is 0 Å². The molecular formula is C9H10N2O4. The second-order valence-corrected chi connectivity index (χ2v) is 3.20. The van der Waals surface area contributed by atoms with Gasteiger partial charge in [-0.1, -0.05) is 0 Å². The van der Waals surface area contributed by atoms with E-state index < -0.39 is 18.0 Å². The molecule has 0 fully saturated rings. The summed E-state index contributed by atoms with van der Waals surface area (Å²) in [6, 6.07) is 2.33. The number of carbonyl (C=O) groups excluding carboxylic acids is 2. The summed E-state index contributed by atoms with van der Waals surface area (Å²) in [4.78, 5) is 27.5. The number of carbonyl (C=O) groups is 2. The Bertz CT molecular complexity index is 399. The third-order valence-electron chi connectivity index (χ3n) is 2.05. The van der Waals surface area contributed by atoms with Gasteiger partial charge in [0.1, 0.15) is 6.04 Å². The Labute approximate surface area is 85.5 Å². The summed E-state index contributed by atoms with van der Waals surface area (Å²) in [5.41, 5.74) is 5.51. The van der Waals surface area contributed by atoms with E-state index >= 15 is 0 Å². The van der Waals surface area contributed by atoms with Crippen molar-refractivity contribution in [1.82, 2.24) is 4.73 Å². The van der Waals surface area contributed by atoms with E-state index in [1.807, 2.05) is 0 Å². The van der Waals surface area contributed by atoms with Crippen molar-refractivity contribution in [3.63, 3.8) is 0 Å². The number of hydrogen-bond acceptors (Lipinski definition) is 5. The highest BCUT2D eigenvalue weighted by molar-refractivity contribution is 5.78. The van der Waals surface area contributed by atoms with E-state index in [2.05, 4.69) is 0 Å². The Morgan fingerprint density at radius 1 is 1.47 bits per heavy atom. The van der Waals surface area contributed by atoms with Gasteiger partial charge in [-0.05, 0) is 12.5 Å². The largest absolute Gasteiger partial charge is 0.406 e. The van der Waals surface area contributed by atoms with Crippen LogP contribution in [0.2, 0.25) is 0 Å². The van der Waals surface area contributed by atoms with Crippen LogP contribution >= 0.6 is 0 Å². The number of ether oxygens (including phenoxy) is 1. The van der Waals surface area contributed by atoms with Crippen LogP contribution in [0.3, 0.4) is 0 Å². The zero-order chi connectivity index (χ0) is 10.8. The maximum atomic E-state index is 11.4. The lowest BCUT2D eigenvalue weighted by molar-refractivity contribution is -0.146. The molecule has 2 N–H and O–H groups in total. The van der Waals surface area contributed by atoms with Crippen molar-refractivity contribution in [1.29, 1.82) is 0 Å². The number of rotatable bonds is 0. The number of fused-ring (bicyclic) bond motifs is 1. The van der Waals surface area contributed by atoms with Gasteiger partial charge in [0.15, 0.2) is 0 Å². The van der Waals surface area contributed by atoms with Crippen molar-refractivity contribution in [3.8, 4) is 5.88 Å². The zero-order valence-electron chi connectivity index (χ0n) is 7.88. The monoisotopic (exact) mass is 210 g/mol. The van der Waals surface area contributed by atoms with Crippen LogP contribution in [0, 0.1) is 0 Å². The number of nitrogens with two attached hydrogens (primary N) is 1. The van der Waals surface area contributed by atoms with Gasteiger partial charge in [-0.3, -0.25) is 4.79 Å². The number of esters is 1. The number of nitrogens with zero attached hydrogens (tertiary/aromatic N) is 1. The molecule has 2 rings (SSSR count). The smallest absolute Gasteiger partial charge is 0.349 e. The van der Waals surface area contributed by atoms with E-state index in [-0.39, 0.29) is 18.7 Å². The van der Waals surface area contributed by atoms with E-state index in [1.165, 1.54) is 12.3 Å². The van der Waals surface area contributed by atoms with E-state index in [0.29, 0.717) is 0 Å². The molecule has 0 unspecified atom stereocenters. The quantitative estimate of drug-likeness (QED) is 0.582. The summed E-state index contributed by atoms with van der Waals surface area (Å²) in [6.45, 7) is 0. The molecule has 0 radical (unpaired) electrons. The average molecular weight is 210 g/mol. The Balaban J connectivity index is 2.29. The fourth-order valence-corrected chi connectivity index (χ4v) is 1.23. The van der Waals surface area contributed by atoms with Crippen molar-refractivity contribution in [3.05, 3.63) is 18.3 Å². The maximum Gasteiger partial charge on any atom is 0.349 e. The van der Waals surface area contributed by atoms with Gasteiger partial charge in [-0.2, -0.15) is 0 Å². The normalized spacial score (nSPS) is 21.8. The highest BCUT2D eigenvalue weighted by Gasteiger charge is 2.22. The Morgan fingerprint density at radius 2 is 2.27 bits per heavy atom. The summed E-state index contributed by atoms with van der Waals surface area (Å²) in [7, 11) is 0. The van der Waals surface area contributed by atoms with Crippen LogP contribution < -0.4 is 15.3 Å². The van der Waals surface area contributed by atoms with Crippen LogP contribution in [0.5, 0.6) is 5.88 Å². The molecule has 0 amide bonds. The first-order chi connectivity index (χ1) is 7.16. The van der Waals surface area contributed by atoms with Crippen LogP contribution in [0.4, 0.5) is 0 Å². The summed E-state index contributed by atoms with van der Waals surface area (Å²) < 4.78 is 6.03. The van der Waals surface area contributed by atoms with E-state index in [4.69, 9.17) is 15.3 Å². The lowest BCUT2D eigenvalue weighted by Gasteiger charge is -2.08. The minimum Gasteiger partial charge on any atom is -0.406 e. The summed E-state index contributed by atoms with van der Waals surface area (Å²) in [5, 5.41) is 0. The molecule has 1 atom stereocenters. The van der Waals surface area contributed by atoms with Crippen LogP contribution in [-0.2, 0) is 9.59 Å². The molecule has 6 nitrogen and oxygen atoms in total. The standard InChI is InChI=1S/C9H10N2O4/c10-6-3-4-8(12)14-7-2-1-5-11(7)15-9(6)13/h1-2,5-6H,3-4,10H2/t6-/m1/s1. The Morgan fingerprint density at radius 3 is 3.07 bits per heavy atom. The molecule has 0 saturated heterocycles. The third kappa shape index (κ3) is 1.99. The summed E-state index contributed by atoms with van der Waals surface area (Å²) >= 11 is 0. The lowest BCUT2D eigenvalue weighted by Crippen LogP contribution is -2.37. The topological polar surface area (TPSA) is 83.6 Å². The maximum absolute atomic E-state index is 11.4. The van der Waals surface area contributed by atoms with Crippen LogP contribution in [0.15, 0.2) is 18.3 Å². The summed E-state index contributed by atoms with van der Waals surface area (Å²) in [6.07, 6.45) is 1.79. The molecule has 80 valence electrons. The first-order valence-electron chi connectivity index (χ1n) is 4.52. The van der Waals surface area contributed by atoms with Gasteiger partial charge in [0.2, 0.25) is 5.88 Å². The molecule has 0 aromatic carbocycles. The molecule has 0 aliphatic carbocycles. The Kier molecular flexibility index (Phi) is 2.42. The second-order valence-electron chi connectivity index (χ2n) is 3.20. The Hall–Kier alpha value is -1.82. The van der Waals surface area contributed by atoms with Crippen molar-refractivity contribution in [2.24, 2.45) is 5.73 Å². The minimum atomic E-state index is -0.800. The molecule has 2 heterocycles. The van der Waals surface area contributed by atoms with Crippen LogP contribution in [-0.4, -0.2) is 22.7 Å². The van der Waals surface area contributed by atoms with Gasteiger partial charge in [0.25, 0.3) is 0 Å². The molecule has 0 spiro atoms. The third-order valence-corrected chi connectivity index (χ3v) is 2.05. The molecule has 0 saturated carbocycles. The van der Waals surface area contributed by atoms with Gasteiger partial charge >= 0.3 is 11.9 Å². The fraction of sp³-hybridized carbons (Fsp3) is 0.333. The van der Waals surface area contributed by atoms with E-state index in [1.54, 1.807) is 6.07 Å². The van der Waals surface area contributed by atoms with Gasteiger partial charge in [-0.15, -0.1) is 4.73 Å². The molecule has 1 aromatic heterocycles. The fourth-order valence-electron chi connectivity index (χ4n) is 1.23. The molecular weight excluding hydrogens is 200 g/mol.